The van der Waals surface area contributed by atoms with E-state index in [1.165, 1.54) is 11.3 Å². The fraction of sp³-hybridized carbons (Fsp3) is 0.450. The summed E-state index contributed by atoms with van der Waals surface area (Å²) in [6.07, 6.45) is -0.391. The summed E-state index contributed by atoms with van der Waals surface area (Å²) in [6.45, 7) is 3.21. The van der Waals surface area contributed by atoms with Crippen LogP contribution in [0.4, 0.5) is 19.2 Å². The van der Waals surface area contributed by atoms with Gasteiger partial charge in [0.05, 0.1) is 5.56 Å². The first-order valence-electron chi connectivity index (χ1n) is 9.95. The maximum absolute atomic E-state index is 13.1. The van der Waals surface area contributed by atoms with E-state index in [1.54, 1.807) is 19.2 Å². The molecule has 170 valence electrons. The third kappa shape index (κ3) is 4.47. The van der Waals surface area contributed by atoms with Gasteiger partial charge in [-0.05, 0) is 30.9 Å². The molecule has 2 aliphatic rings. The molecule has 2 fully saturated rings. The number of ether oxygens (including phenoxy) is 1. The number of benzene rings is 1. The van der Waals surface area contributed by atoms with Crippen LogP contribution in [0.25, 0.3) is 21.7 Å². The Labute approximate surface area is 184 Å². The molecule has 5 rings (SSSR count). The topological polar surface area (TPSA) is 97.6 Å². The van der Waals surface area contributed by atoms with Gasteiger partial charge in [-0.1, -0.05) is 6.92 Å². The molecule has 2 aromatic heterocycles. The van der Waals surface area contributed by atoms with Crippen molar-refractivity contribution in [2.45, 2.75) is 44.6 Å². The van der Waals surface area contributed by atoms with Crippen LogP contribution in [0.2, 0.25) is 0 Å². The van der Waals surface area contributed by atoms with Gasteiger partial charge >= 0.3 is 12.5 Å². The molecule has 2 aliphatic heterocycles. The Morgan fingerprint density at radius 3 is 2.56 bits per heavy atom. The molecule has 3 aromatic rings. The average molecular weight is 468 g/mol. The summed E-state index contributed by atoms with van der Waals surface area (Å²) in [5.41, 5.74) is 1.42. The van der Waals surface area contributed by atoms with Crippen LogP contribution in [0.3, 0.4) is 0 Å². The molecule has 2 unspecified atom stereocenters. The van der Waals surface area contributed by atoms with Crippen LogP contribution in [-0.4, -0.2) is 47.7 Å². The quantitative estimate of drug-likeness (QED) is 0.618. The molecule has 0 amide bonds. The van der Waals surface area contributed by atoms with Gasteiger partial charge in [-0.3, -0.25) is 0 Å². The highest BCUT2D eigenvalue weighted by atomic mass is 32.1. The van der Waals surface area contributed by atoms with E-state index < -0.39 is 6.36 Å². The van der Waals surface area contributed by atoms with Crippen LogP contribution in [-0.2, 0) is 16.0 Å². The van der Waals surface area contributed by atoms with Gasteiger partial charge in [0.2, 0.25) is 0 Å². The first kappa shape index (κ1) is 22.3. The second-order valence-electron chi connectivity index (χ2n) is 7.45. The molecule has 2 bridgehead atoms. The minimum absolute atomic E-state index is 0.0905. The maximum atomic E-state index is 13.1. The van der Waals surface area contributed by atoms with Gasteiger partial charge in [0.25, 0.3) is 6.01 Å². The molecule has 8 nitrogen and oxygen atoms in total. The number of rotatable bonds is 4. The summed E-state index contributed by atoms with van der Waals surface area (Å²) in [6, 6.07) is 2.69. The Morgan fingerprint density at radius 1 is 1.31 bits per heavy atom. The summed E-state index contributed by atoms with van der Waals surface area (Å²) in [5.74, 6) is -0.289. The SMILES string of the molecule is CCc1cc(-c2nccs2)c2oc(N3CC4CCC(C3)N4)nc2c1OC(F)(F)F.O=C=O. The predicted molar refractivity (Wildman–Crippen MR) is 108 cm³/mol. The van der Waals surface area contributed by atoms with Crippen LogP contribution in [0.5, 0.6) is 5.75 Å². The van der Waals surface area contributed by atoms with E-state index in [2.05, 4.69) is 20.0 Å². The Morgan fingerprint density at radius 2 is 2.00 bits per heavy atom. The second kappa shape index (κ2) is 8.89. The summed E-state index contributed by atoms with van der Waals surface area (Å²) in [4.78, 5) is 27.1. The van der Waals surface area contributed by atoms with E-state index in [9.17, 15) is 13.2 Å². The Balaban J connectivity index is 0.000000775. The van der Waals surface area contributed by atoms with Crippen LogP contribution >= 0.6 is 11.3 Å². The van der Waals surface area contributed by atoms with E-state index in [0.717, 1.165) is 12.8 Å². The standard InChI is InChI=1S/C19H19F3N4O2S.CO2/c1-2-10-7-13(17-23-5-6-29-17)16-14(15(10)28-19(20,21)22)25-18(27-16)26-8-11-3-4-12(9-26)24-11;2-1-3/h5-7,11-12,24H,2-4,8-9H2,1H3;. The fourth-order valence-corrected chi connectivity index (χ4v) is 4.85. The molecular formula is C20H19F3N4O4S. The van der Waals surface area contributed by atoms with Crippen molar-refractivity contribution in [1.29, 1.82) is 0 Å². The third-order valence-electron chi connectivity index (χ3n) is 5.43. The second-order valence-corrected chi connectivity index (χ2v) is 8.35. The van der Waals surface area contributed by atoms with Crippen LogP contribution < -0.4 is 15.0 Å². The van der Waals surface area contributed by atoms with Gasteiger partial charge in [0, 0.05) is 36.8 Å². The van der Waals surface area contributed by atoms with Crippen molar-refractivity contribution in [1.82, 2.24) is 15.3 Å². The predicted octanol–water partition coefficient (Wildman–Crippen LogP) is 3.77. The zero-order chi connectivity index (χ0) is 22.9. The number of nitrogens with one attached hydrogen (secondary N) is 1. The van der Waals surface area contributed by atoms with Gasteiger partial charge in [-0.25, -0.2) is 4.98 Å². The third-order valence-corrected chi connectivity index (χ3v) is 6.24. The largest absolute Gasteiger partial charge is 0.573 e. The highest BCUT2D eigenvalue weighted by Crippen LogP contribution is 2.42. The van der Waals surface area contributed by atoms with Crippen molar-refractivity contribution in [3.05, 3.63) is 23.2 Å². The van der Waals surface area contributed by atoms with Crippen molar-refractivity contribution >= 4 is 34.6 Å². The zero-order valence-corrected chi connectivity index (χ0v) is 17.8. The van der Waals surface area contributed by atoms with E-state index in [0.29, 0.717) is 53.7 Å². The van der Waals surface area contributed by atoms with Gasteiger partial charge in [-0.2, -0.15) is 14.6 Å². The summed E-state index contributed by atoms with van der Waals surface area (Å²) < 4.78 is 49.8. The van der Waals surface area contributed by atoms with E-state index >= 15 is 0 Å². The number of hydrogen-bond acceptors (Lipinski definition) is 9. The zero-order valence-electron chi connectivity index (χ0n) is 16.9. The van der Waals surface area contributed by atoms with Crippen LogP contribution in [0.1, 0.15) is 25.3 Å². The molecular weight excluding hydrogens is 449 g/mol. The molecule has 0 saturated carbocycles. The molecule has 12 heteroatoms. The van der Waals surface area contributed by atoms with Crippen molar-refractivity contribution < 1.29 is 31.9 Å². The number of oxazole rings is 1. The molecule has 0 radical (unpaired) electrons. The Kier molecular flexibility index (Phi) is 6.18. The molecule has 4 heterocycles. The highest BCUT2D eigenvalue weighted by molar-refractivity contribution is 7.13. The first-order chi connectivity index (χ1) is 15.3. The number of hydrogen-bond donors (Lipinski definition) is 1. The van der Waals surface area contributed by atoms with Crippen molar-refractivity contribution in [2.24, 2.45) is 0 Å². The van der Waals surface area contributed by atoms with Gasteiger partial charge in [-0.15, -0.1) is 24.5 Å². The average Bonchev–Trinajstić information content (AvgIpc) is 3.48. The Hall–Kier alpha value is -2.95. The molecule has 0 aliphatic carbocycles. The lowest BCUT2D eigenvalue weighted by Crippen LogP contribution is -2.51. The fourth-order valence-electron chi connectivity index (χ4n) is 4.20. The monoisotopic (exact) mass is 468 g/mol. The van der Waals surface area contributed by atoms with E-state index in [4.69, 9.17) is 14.0 Å². The molecule has 1 aromatic carbocycles. The lowest BCUT2D eigenvalue weighted by atomic mass is 10.1. The van der Waals surface area contributed by atoms with Gasteiger partial charge < -0.3 is 19.4 Å². The number of anilines is 1. The summed E-state index contributed by atoms with van der Waals surface area (Å²) >= 11 is 1.40. The highest BCUT2D eigenvalue weighted by Gasteiger charge is 2.37. The number of carbonyl (C=O) groups excluding carboxylic acids is 2. The number of aryl methyl sites for hydroxylation is 1. The first-order valence-corrected chi connectivity index (χ1v) is 10.8. The van der Waals surface area contributed by atoms with Crippen molar-refractivity contribution in [3.63, 3.8) is 0 Å². The number of piperazine rings is 1. The molecule has 2 atom stereocenters. The minimum atomic E-state index is -4.81. The Bertz CT molecular complexity index is 1110. The number of alkyl halides is 3. The molecule has 32 heavy (non-hydrogen) atoms. The lowest BCUT2D eigenvalue weighted by molar-refractivity contribution is -0.274. The maximum Gasteiger partial charge on any atom is 0.573 e. The molecule has 1 N–H and O–H groups in total. The lowest BCUT2D eigenvalue weighted by Gasteiger charge is -2.31. The number of nitrogens with zero attached hydrogens (tertiary/aromatic N) is 3. The number of aromatic nitrogens is 2. The van der Waals surface area contributed by atoms with Crippen molar-refractivity contribution in [3.8, 4) is 16.3 Å². The van der Waals surface area contributed by atoms with Gasteiger partial charge in [0.15, 0.2) is 16.8 Å². The van der Waals surface area contributed by atoms with Gasteiger partial charge in [0.1, 0.15) is 5.01 Å². The smallest absolute Gasteiger partial charge is 0.422 e. The number of thiazole rings is 1. The molecule has 0 spiro atoms. The normalized spacial score (nSPS) is 20.1. The summed E-state index contributed by atoms with van der Waals surface area (Å²) in [5, 5.41) is 6.02. The van der Waals surface area contributed by atoms with Crippen molar-refractivity contribution in [2.75, 3.05) is 18.0 Å². The van der Waals surface area contributed by atoms with E-state index in [1.807, 2.05) is 10.3 Å². The van der Waals surface area contributed by atoms with Crippen LogP contribution in [0.15, 0.2) is 22.1 Å². The van der Waals surface area contributed by atoms with Crippen LogP contribution in [0, 0.1) is 0 Å². The number of halogens is 3. The van der Waals surface area contributed by atoms with E-state index in [-0.39, 0.29) is 23.0 Å². The molecule has 2 saturated heterocycles. The number of fused-ring (bicyclic) bond motifs is 3. The minimum Gasteiger partial charge on any atom is -0.422 e. The summed E-state index contributed by atoms with van der Waals surface area (Å²) in [7, 11) is 0.